The first-order valence-electron chi connectivity index (χ1n) is 6.62. The minimum atomic E-state index is -0.612. The van der Waals surface area contributed by atoms with Gasteiger partial charge in [-0.3, -0.25) is 0 Å². The first-order valence-corrected chi connectivity index (χ1v) is 7.41. The van der Waals surface area contributed by atoms with Crippen molar-refractivity contribution in [2.45, 2.75) is 6.10 Å². The van der Waals surface area contributed by atoms with Crippen LogP contribution in [-0.2, 0) is 0 Å². The molecule has 0 saturated carbocycles. The molecule has 0 radical (unpaired) electrons. The highest BCUT2D eigenvalue weighted by molar-refractivity contribution is 9.10. The summed E-state index contributed by atoms with van der Waals surface area (Å²) in [7, 11) is 1.59. The Bertz CT molecular complexity index is 560. The monoisotopic (exact) mass is 351 g/mol. The Morgan fingerprint density at radius 2 is 1.76 bits per heavy atom. The van der Waals surface area contributed by atoms with Crippen molar-refractivity contribution in [2.24, 2.45) is 0 Å². The molecule has 4 nitrogen and oxygen atoms in total. The Morgan fingerprint density at radius 1 is 1.10 bits per heavy atom. The zero-order valence-electron chi connectivity index (χ0n) is 11.8. The quantitative estimate of drug-likeness (QED) is 0.803. The van der Waals surface area contributed by atoms with E-state index in [1.807, 2.05) is 48.5 Å². The Kier molecular flexibility index (Phi) is 5.90. The van der Waals surface area contributed by atoms with Gasteiger partial charge in [-0.1, -0.05) is 28.1 Å². The molecular formula is C16H18BrNO3. The van der Waals surface area contributed by atoms with Crippen LogP contribution in [0.4, 0.5) is 5.69 Å². The molecule has 0 aromatic heterocycles. The highest BCUT2D eigenvalue weighted by Gasteiger charge is 2.08. The van der Waals surface area contributed by atoms with Crippen LogP contribution in [0.5, 0.6) is 11.5 Å². The molecule has 5 heteroatoms. The van der Waals surface area contributed by atoms with E-state index in [4.69, 9.17) is 9.47 Å². The summed E-state index contributed by atoms with van der Waals surface area (Å²) in [6, 6.07) is 15.1. The van der Waals surface area contributed by atoms with Gasteiger partial charge in [-0.15, -0.1) is 0 Å². The van der Waals surface area contributed by atoms with Crippen LogP contribution in [0.1, 0.15) is 0 Å². The summed E-state index contributed by atoms with van der Waals surface area (Å²) in [5.41, 5.74) is 0.953. The number of halogens is 1. The van der Waals surface area contributed by atoms with Crippen molar-refractivity contribution < 1.29 is 14.6 Å². The van der Waals surface area contributed by atoms with Gasteiger partial charge >= 0.3 is 0 Å². The largest absolute Gasteiger partial charge is 0.493 e. The number of rotatable bonds is 7. The number of anilines is 1. The molecule has 0 bridgehead atoms. The lowest BCUT2D eigenvalue weighted by atomic mass is 10.3. The molecule has 2 aromatic carbocycles. The van der Waals surface area contributed by atoms with Gasteiger partial charge in [0, 0.05) is 16.7 Å². The van der Waals surface area contributed by atoms with Crippen LogP contribution < -0.4 is 14.8 Å². The van der Waals surface area contributed by atoms with Gasteiger partial charge in [0.25, 0.3) is 0 Å². The molecule has 0 aliphatic heterocycles. The fourth-order valence-electron chi connectivity index (χ4n) is 1.79. The molecule has 0 amide bonds. The van der Waals surface area contributed by atoms with Crippen molar-refractivity contribution in [1.82, 2.24) is 0 Å². The second kappa shape index (κ2) is 7.90. The summed E-state index contributed by atoms with van der Waals surface area (Å²) in [6.07, 6.45) is -0.612. The van der Waals surface area contributed by atoms with Crippen LogP contribution >= 0.6 is 15.9 Å². The van der Waals surface area contributed by atoms with E-state index in [0.717, 1.165) is 10.2 Å². The molecule has 0 fully saturated rings. The van der Waals surface area contributed by atoms with Gasteiger partial charge in [0.1, 0.15) is 12.7 Å². The number of methoxy groups -OCH3 is 1. The van der Waals surface area contributed by atoms with E-state index in [1.165, 1.54) is 0 Å². The van der Waals surface area contributed by atoms with Gasteiger partial charge < -0.3 is 19.9 Å². The maximum Gasteiger partial charge on any atom is 0.161 e. The average Bonchev–Trinajstić information content (AvgIpc) is 2.52. The van der Waals surface area contributed by atoms with Gasteiger partial charge in [-0.2, -0.15) is 0 Å². The molecule has 0 heterocycles. The topological polar surface area (TPSA) is 50.7 Å². The number of hydrogen-bond donors (Lipinski definition) is 2. The molecule has 2 N–H and O–H groups in total. The molecule has 0 saturated heterocycles. The molecule has 0 aliphatic carbocycles. The molecule has 21 heavy (non-hydrogen) atoms. The maximum absolute atomic E-state index is 9.95. The first-order chi connectivity index (χ1) is 10.2. The number of aliphatic hydroxyl groups excluding tert-OH is 1. The van der Waals surface area contributed by atoms with Gasteiger partial charge in [0.2, 0.25) is 0 Å². The van der Waals surface area contributed by atoms with Crippen LogP contribution in [-0.4, -0.2) is 31.5 Å². The van der Waals surface area contributed by atoms with E-state index in [9.17, 15) is 5.11 Å². The highest BCUT2D eigenvalue weighted by atomic mass is 79.9. The number of ether oxygens (including phenoxy) is 2. The molecule has 112 valence electrons. The smallest absolute Gasteiger partial charge is 0.161 e. The van der Waals surface area contributed by atoms with Crippen molar-refractivity contribution in [2.75, 3.05) is 25.6 Å². The maximum atomic E-state index is 9.95. The van der Waals surface area contributed by atoms with Crippen LogP contribution in [0.25, 0.3) is 0 Å². The van der Waals surface area contributed by atoms with Crippen molar-refractivity contribution in [3.63, 3.8) is 0 Å². The Hall–Kier alpha value is -1.72. The number of hydrogen-bond acceptors (Lipinski definition) is 4. The summed E-state index contributed by atoms with van der Waals surface area (Å²) < 4.78 is 11.8. The molecule has 2 rings (SSSR count). The molecule has 1 atom stereocenters. The van der Waals surface area contributed by atoms with Gasteiger partial charge in [-0.25, -0.2) is 0 Å². The van der Waals surface area contributed by atoms with E-state index < -0.39 is 6.10 Å². The Balaban J connectivity index is 1.79. The predicted molar refractivity (Wildman–Crippen MR) is 87.1 cm³/mol. The van der Waals surface area contributed by atoms with Crippen LogP contribution in [0.15, 0.2) is 53.0 Å². The normalized spacial score (nSPS) is 11.8. The van der Waals surface area contributed by atoms with Gasteiger partial charge in [0.05, 0.1) is 7.11 Å². The number of nitrogens with one attached hydrogen (secondary N) is 1. The van der Waals surface area contributed by atoms with E-state index in [0.29, 0.717) is 18.0 Å². The van der Waals surface area contributed by atoms with E-state index in [2.05, 4.69) is 21.2 Å². The van der Waals surface area contributed by atoms with Crippen molar-refractivity contribution in [3.8, 4) is 11.5 Å². The third-order valence-electron chi connectivity index (χ3n) is 2.89. The second-order valence-corrected chi connectivity index (χ2v) is 5.42. The first kappa shape index (κ1) is 15.7. The van der Waals surface area contributed by atoms with Crippen LogP contribution in [0, 0.1) is 0 Å². The van der Waals surface area contributed by atoms with Crippen LogP contribution in [0.2, 0.25) is 0 Å². The third-order valence-corrected chi connectivity index (χ3v) is 3.41. The van der Waals surface area contributed by atoms with Crippen molar-refractivity contribution in [1.29, 1.82) is 0 Å². The fraction of sp³-hybridized carbons (Fsp3) is 0.250. The Labute approximate surface area is 132 Å². The lowest BCUT2D eigenvalue weighted by Crippen LogP contribution is -2.26. The SMILES string of the molecule is COc1ccccc1OCC(O)CNc1ccc(Br)cc1. The summed E-state index contributed by atoms with van der Waals surface area (Å²) in [6.45, 7) is 0.612. The van der Waals surface area contributed by atoms with E-state index in [1.54, 1.807) is 7.11 Å². The summed E-state index contributed by atoms with van der Waals surface area (Å²) in [5.74, 6) is 1.29. The lowest BCUT2D eigenvalue weighted by Gasteiger charge is -2.15. The lowest BCUT2D eigenvalue weighted by molar-refractivity contribution is 0.115. The fourth-order valence-corrected chi connectivity index (χ4v) is 2.05. The second-order valence-electron chi connectivity index (χ2n) is 4.50. The highest BCUT2D eigenvalue weighted by Crippen LogP contribution is 2.25. The minimum absolute atomic E-state index is 0.198. The average molecular weight is 352 g/mol. The van der Waals surface area contributed by atoms with Crippen molar-refractivity contribution in [3.05, 3.63) is 53.0 Å². The molecular weight excluding hydrogens is 334 g/mol. The molecule has 1 unspecified atom stereocenters. The van der Waals surface area contributed by atoms with Gasteiger partial charge in [0.15, 0.2) is 11.5 Å². The summed E-state index contributed by atoms with van der Waals surface area (Å²) in [4.78, 5) is 0. The molecule has 0 spiro atoms. The number of benzene rings is 2. The van der Waals surface area contributed by atoms with Crippen molar-refractivity contribution >= 4 is 21.6 Å². The zero-order chi connectivity index (χ0) is 15.1. The molecule has 2 aromatic rings. The summed E-state index contributed by atoms with van der Waals surface area (Å²) in [5, 5.41) is 13.1. The zero-order valence-corrected chi connectivity index (χ0v) is 13.3. The number of aliphatic hydroxyl groups is 1. The minimum Gasteiger partial charge on any atom is -0.493 e. The van der Waals surface area contributed by atoms with E-state index >= 15 is 0 Å². The Morgan fingerprint density at radius 3 is 2.43 bits per heavy atom. The predicted octanol–water partition coefficient (Wildman–Crippen LogP) is 3.31. The summed E-state index contributed by atoms with van der Waals surface area (Å²) >= 11 is 3.38. The van der Waals surface area contributed by atoms with Crippen LogP contribution in [0.3, 0.4) is 0 Å². The van der Waals surface area contributed by atoms with E-state index in [-0.39, 0.29) is 6.61 Å². The molecule has 0 aliphatic rings. The van der Waals surface area contributed by atoms with Gasteiger partial charge in [-0.05, 0) is 36.4 Å². The standard InChI is InChI=1S/C16H18BrNO3/c1-20-15-4-2-3-5-16(15)21-11-14(19)10-18-13-8-6-12(17)7-9-13/h2-9,14,18-19H,10-11H2,1H3. The number of para-hydroxylation sites is 2. The third kappa shape index (κ3) is 4.95.